The van der Waals surface area contributed by atoms with E-state index in [0.29, 0.717) is 6.42 Å². The molecule has 1 heterocycles. The SMILES string of the molecule is CC1(C)CC(=O)C2=C(C1)c1cc3ccccc3cc1N[C@H]2c1cccc([N+](=O)[O-])c1. The first-order valence-corrected chi connectivity index (χ1v) is 10.1. The van der Waals surface area contributed by atoms with Crippen LogP contribution >= 0.6 is 0 Å². The Morgan fingerprint density at radius 1 is 1.00 bits per heavy atom. The number of rotatable bonds is 2. The highest BCUT2D eigenvalue weighted by molar-refractivity contribution is 6.10. The van der Waals surface area contributed by atoms with E-state index in [-0.39, 0.29) is 16.9 Å². The molecule has 1 aliphatic heterocycles. The fourth-order valence-corrected chi connectivity index (χ4v) is 4.81. The largest absolute Gasteiger partial charge is 0.373 e. The summed E-state index contributed by atoms with van der Waals surface area (Å²) < 4.78 is 0. The third-order valence-corrected chi connectivity index (χ3v) is 6.13. The van der Waals surface area contributed by atoms with Gasteiger partial charge < -0.3 is 5.32 Å². The summed E-state index contributed by atoms with van der Waals surface area (Å²) in [7, 11) is 0. The van der Waals surface area contributed by atoms with Crippen LogP contribution in [0.4, 0.5) is 11.4 Å². The highest BCUT2D eigenvalue weighted by Crippen LogP contribution is 2.51. The summed E-state index contributed by atoms with van der Waals surface area (Å²) in [4.78, 5) is 24.2. The van der Waals surface area contributed by atoms with Crippen molar-refractivity contribution in [2.24, 2.45) is 5.41 Å². The van der Waals surface area contributed by atoms with Crippen molar-refractivity contribution in [1.29, 1.82) is 0 Å². The Hall–Kier alpha value is -3.47. The summed E-state index contributed by atoms with van der Waals surface area (Å²) >= 11 is 0. The molecule has 1 aliphatic carbocycles. The Bertz CT molecular complexity index is 1260. The van der Waals surface area contributed by atoms with Crippen molar-refractivity contribution in [1.82, 2.24) is 0 Å². The number of nitrogens with zero attached hydrogens (tertiary/aromatic N) is 1. The number of fused-ring (bicyclic) bond motifs is 3. The Morgan fingerprint density at radius 3 is 2.47 bits per heavy atom. The average Bonchev–Trinajstić information content (AvgIpc) is 2.71. The summed E-state index contributed by atoms with van der Waals surface area (Å²) in [6, 6.07) is 18.6. The van der Waals surface area contributed by atoms with Crippen molar-refractivity contribution in [3.8, 4) is 0 Å². The lowest BCUT2D eigenvalue weighted by atomic mass is 9.68. The molecule has 1 N–H and O–H groups in total. The van der Waals surface area contributed by atoms with E-state index in [1.54, 1.807) is 12.1 Å². The predicted molar refractivity (Wildman–Crippen MR) is 118 cm³/mol. The zero-order valence-electron chi connectivity index (χ0n) is 16.9. The summed E-state index contributed by atoms with van der Waals surface area (Å²) in [5.41, 5.74) is 4.49. The number of hydrogen-bond acceptors (Lipinski definition) is 4. The van der Waals surface area contributed by atoms with Crippen molar-refractivity contribution in [3.63, 3.8) is 0 Å². The van der Waals surface area contributed by atoms with Gasteiger partial charge in [0.25, 0.3) is 5.69 Å². The fraction of sp³-hybridized carbons (Fsp3) is 0.240. The first-order valence-electron chi connectivity index (χ1n) is 10.1. The van der Waals surface area contributed by atoms with E-state index in [1.807, 2.05) is 18.2 Å². The number of carbonyl (C=O) groups is 1. The fourth-order valence-electron chi connectivity index (χ4n) is 4.81. The van der Waals surface area contributed by atoms with Gasteiger partial charge in [-0.1, -0.05) is 50.2 Å². The quantitative estimate of drug-likeness (QED) is 0.421. The molecule has 3 aromatic carbocycles. The summed E-state index contributed by atoms with van der Waals surface area (Å²) in [6.07, 6.45) is 1.27. The van der Waals surface area contributed by atoms with E-state index in [9.17, 15) is 14.9 Å². The molecule has 5 rings (SSSR count). The minimum Gasteiger partial charge on any atom is -0.373 e. The molecule has 30 heavy (non-hydrogen) atoms. The van der Waals surface area contributed by atoms with E-state index in [2.05, 4.69) is 43.4 Å². The van der Waals surface area contributed by atoms with Crippen LogP contribution in [0.15, 0.2) is 66.2 Å². The van der Waals surface area contributed by atoms with Crippen molar-refractivity contribution in [2.75, 3.05) is 5.32 Å². The normalized spacial score (nSPS) is 19.8. The molecule has 0 radical (unpaired) electrons. The van der Waals surface area contributed by atoms with Crippen LogP contribution in [0.2, 0.25) is 0 Å². The molecule has 0 saturated carbocycles. The molecular weight excluding hydrogens is 376 g/mol. The monoisotopic (exact) mass is 398 g/mol. The van der Waals surface area contributed by atoms with Gasteiger partial charge >= 0.3 is 0 Å². The zero-order chi connectivity index (χ0) is 21.0. The van der Waals surface area contributed by atoms with Gasteiger partial charge in [0.15, 0.2) is 5.78 Å². The summed E-state index contributed by atoms with van der Waals surface area (Å²) in [6.45, 7) is 4.25. The molecule has 0 spiro atoms. The molecular formula is C25H22N2O3. The van der Waals surface area contributed by atoms with E-state index < -0.39 is 11.0 Å². The molecule has 1 atom stereocenters. The van der Waals surface area contributed by atoms with E-state index in [1.165, 1.54) is 6.07 Å². The number of non-ortho nitro benzene ring substituents is 1. The molecule has 5 heteroatoms. The minimum absolute atomic E-state index is 0.0318. The van der Waals surface area contributed by atoms with Crippen LogP contribution < -0.4 is 5.32 Å². The minimum atomic E-state index is -0.394. The number of ketones is 1. The number of nitro groups is 1. The number of carbonyl (C=O) groups excluding carboxylic acids is 1. The van der Waals surface area contributed by atoms with Crippen LogP contribution in [0.5, 0.6) is 0 Å². The number of nitro benzene ring substituents is 1. The van der Waals surface area contributed by atoms with Crippen LogP contribution in [0.25, 0.3) is 16.3 Å². The highest BCUT2D eigenvalue weighted by Gasteiger charge is 2.40. The summed E-state index contributed by atoms with van der Waals surface area (Å²) in [5, 5.41) is 17.1. The number of Topliss-reactive ketones (excluding diaryl/α,β-unsaturated/α-hetero) is 1. The van der Waals surface area contributed by atoms with Crippen molar-refractivity contribution in [2.45, 2.75) is 32.7 Å². The maximum absolute atomic E-state index is 13.3. The van der Waals surface area contributed by atoms with Crippen LogP contribution in [0.3, 0.4) is 0 Å². The third-order valence-electron chi connectivity index (χ3n) is 6.13. The lowest BCUT2D eigenvalue weighted by Crippen LogP contribution is -2.33. The molecule has 0 aromatic heterocycles. The van der Waals surface area contributed by atoms with Gasteiger partial charge in [0.1, 0.15) is 0 Å². The van der Waals surface area contributed by atoms with Gasteiger partial charge in [-0.25, -0.2) is 0 Å². The van der Waals surface area contributed by atoms with Gasteiger partial charge in [0, 0.05) is 35.4 Å². The van der Waals surface area contributed by atoms with Gasteiger partial charge in [-0.2, -0.15) is 0 Å². The van der Waals surface area contributed by atoms with E-state index >= 15 is 0 Å². The second-order valence-electron chi connectivity index (χ2n) is 9.01. The Balaban J connectivity index is 1.75. The number of anilines is 1. The smallest absolute Gasteiger partial charge is 0.269 e. The van der Waals surface area contributed by atoms with Crippen LogP contribution in [-0.2, 0) is 4.79 Å². The van der Waals surface area contributed by atoms with Crippen molar-refractivity contribution < 1.29 is 9.72 Å². The molecule has 2 aliphatic rings. The molecule has 5 nitrogen and oxygen atoms in total. The second kappa shape index (κ2) is 6.52. The Kier molecular flexibility index (Phi) is 4.03. The molecule has 150 valence electrons. The number of hydrogen-bond donors (Lipinski definition) is 1. The van der Waals surface area contributed by atoms with Crippen LogP contribution in [0, 0.1) is 15.5 Å². The Labute approximate surface area is 174 Å². The van der Waals surface area contributed by atoms with E-state index in [0.717, 1.165) is 45.2 Å². The lowest BCUT2D eigenvalue weighted by molar-refractivity contribution is -0.384. The molecule has 0 amide bonds. The molecule has 0 unspecified atom stereocenters. The summed E-state index contributed by atoms with van der Waals surface area (Å²) in [5.74, 6) is 0.115. The van der Waals surface area contributed by atoms with Crippen LogP contribution in [0.1, 0.15) is 43.9 Å². The first-order chi connectivity index (χ1) is 14.3. The maximum Gasteiger partial charge on any atom is 0.269 e. The van der Waals surface area contributed by atoms with Gasteiger partial charge in [0.2, 0.25) is 0 Å². The van der Waals surface area contributed by atoms with Gasteiger partial charge in [-0.3, -0.25) is 14.9 Å². The maximum atomic E-state index is 13.3. The average molecular weight is 398 g/mol. The topological polar surface area (TPSA) is 72.2 Å². The number of nitrogens with one attached hydrogen (secondary N) is 1. The van der Waals surface area contributed by atoms with Gasteiger partial charge in [-0.15, -0.1) is 0 Å². The number of benzene rings is 3. The van der Waals surface area contributed by atoms with Crippen molar-refractivity contribution >= 4 is 33.5 Å². The van der Waals surface area contributed by atoms with Gasteiger partial charge in [-0.05, 0) is 45.9 Å². The Morgan fingerprint density at radius 2 is 1.73 bits per heavy atom. The lowest BCUT2D eigenvalue weighted by Gasteiger charge is -2.39. The van der Waals surface area contributed by atoms with Crippen molar-refractivity contribution in [3.05, 3.63) is 87.5 Å². The standard InChI is InChI=1S/C25H22N2O3/c1-25(2)13-20-19-11-15-6-3-4-7-16(15)12-21(19)26-24(23(20)22(28)14-25)17-8-5-9-18(10-17)27(29)30/h3-12,24,26H,13-14H2,1-2H3/t24-/m0/s1. The molecule has 3 aromatic rings. The van der Waals surface area contributed by atoms with Crippen LogP contribution in [-0.4, -0.2) is 10.7 Å². The zero-order valence-corrected chi connectivity index (χ0v) is 16.9. The first kappa shape index (κ1) is 18.6. The third kappa shape index (κ3) is 2.98. The van der Waals surface area contributed by atoms with Gasteiger partial charge in [0.05, 0.1) is 11.0 Å². The second-order valence-corrected chi connectivity index (χ2v) is 9.01. The predicted octanol–water partition coefficient (Wildman–Crippen LogP) is 6.06. The number of allylic oxidation sites excluding steroid dienone is 1. The molecule has 0 fully saturated rings. The molecule has 0 bridgehead atoms. The molecule has 0 saturated heterocycles. The van der Waals surface area contributed by atoms with E-state index in [4.69, 9.17) is 0 Å². The highest BCUT2D eigenvalue weighted by atomic mass is 16.6.